The Morgan fingerprint density at radius 1 is 1.26 bits per heavy atom. The number of rotatable bonds is 5. The van der Waals surface area contributed by atoms with Gasteiger partial charge in [-0.3, -0.25) is 9.69 Å². The average Bonchev–Trinajstić information content (AvgIpc) is 2.88. The normalized spacial score (nSPS) is 15.2. The van der Waals surface area contributed by atoms with Crippen LogP contribution in [0.3, 0.4) is 0 Å². The molecule has 2 aromatic rings. The van der Waals surface area contributed by atoms with E-state index in [9.17, 15) is 14.4 Å². The van der Waals surface area contributed by atoms with Crippen molar-refractivity contribution in [1.82, 2.24) is 10.2 Å². The first-order valence-corrected chi connectivity index (χ1v) is 8.28. The number of hydrogen-bond acceptors (Lipinski definition) is 4. The molecular weight excluding hydrogens is 372 g/mol. The first-order chi connectivity index (χ1) is 12.8. The maximum absolute atomic E-state index is 11.9. The number of benzene rings is 2. The van der Waals surface area contributed by atoms with Crippen LogP contribution >= 0.6 is 11.6 Å². The molecule has 0 spiro atoms. The molecule has 138 valence electrons. The number of nitrogens with one attached hydrogen (secondary N) is 1. The zero-order chi connectivity index (χ0) is 19.6. The lowest BCUT2D eigenvalue weighted by Crippen LogP contribution is -2.25. The third-order valence-corrected chi connectivity index (χ3v) is 4.21. The van der Waals surface area contributed by atoms with Gasteiger partial charge >= 0.3 is 12.0 Å². The Hall–Kier alpha value is -3.32. The summed E-state index contributed by atoms with van der Waals surface area (Å²) in [6, 6.07) is 10.9. The Bertz CT molecular complexity index is 970. The minimum atomic E-state index is -1.01. The van der Waals surface area contributed by atoms with Gasteiger partial charge in [-0.15, -0.1) is 0 Å². The van der Waals surface area contributed by atoms with E-state index < -0.39 is 17.9 Å². The molecule has 0 saturated carbocycles. The number of likely N-dealkylation sites (N-methyl/N-ethyl adjacent to an activating group) is 1. The predicted molar refractivity (Wildman–Crippen MR) is 98.5 cm³/mol. The molecule has 1 heterocycles. The van der Waals surface area contributed by atoms with Crippen LogP contribution in [0.25, 0.3) is 6.08 Å². The molecule has 2 aromatic carbocycles. The number of halogens is 1. The van der Waals surface area contributed by atoms with E-state index in [0.29, 0.717) is 21.9 Å². The van der Waals surface area contributed by atoms with Crippen molar-refractivity contribution in [2.24, 2.45) is 0 Å². The number of hydrogen-bond donors (Lipinski definition) is 2. The summed E-state index contributed by atoms with van der Waals surface area (Å²) in [7, 11) is 1.39. The van der Waals surface area contributed by atoms with E-state index in [-0.39, 0.29) is 17.9 Å². The van der Waals surface area contributed by atoms with Crippen molar-refractivity contribution in [1.29, 1.82) is 0 Å². The van der Waals surface area contributed by atoms with Crippen molar-refractivity contribution in [3.05, 3.63) is 69.9 Å². The summed E-state index contributed by atoms with van der Waals surface area (Å²) < 4.78 is 5.65. The van der Waals surface area contributed by atoms with E-state index in [1.54, 1.807) is 30.3 Å². The predicted octanol–water partition coefficient (Wildman–Crippen LogP) is 3.14. The Morgan fingerprint density at radius 2 is 2.04 bits per heavy atom. The molecule has 0 aromatic heterocycles. The number of urea groups is 1. The first-order valence-electron chi connectivity index (χ1n) is 7.90. The summed E-state index contributed by atoms with van der Waals surface area (Å²) in [5, 5.41) is 11.8. The van der Waals surface area contributed by atoms with E-state index in [1.807, 2.05) is 0 Å². The van der Waals surface area contributed by atoms with Crippen molar-refractivity contribution < 1.29 is 24.2 Å². The number of carbonyl (C=O) groups excluding carboxylic acids is 2. The fraction of sp³-hybridized carbons (Fsp3) is 0.105. The molecule has 27 heavy (non-hydrogen) atoms. The van der Waals surface area contributed by atoms with Crippen molar-refractivity contribution in [3.8, 4) is 5.75 Å². The first kappa shape index (κ1) is 18.5. The van der Waals surface area contributed by atoms with E-state index in [2.05, 4.69) is 5.32 Å². The zero-order valence-electron chi connectivity index (χ0n) is 14.2. The number of imide groups is 1. The SMILES string of the molecule is CN1C(=O)NC(=Cc2ccc(OCc3cccc(C(=O)O)c3)c(Cl)c2)C1=O. The van der Waals surface area contributed by atoms with Gasteiger partial charge in [-0.2, -0.15) is 0 Å². The zero-order valence-corrected chi connectivity index (χ0v) is 15.0. The number of carboxylic acid groups (broad SMARTS) is 1. The van der Waals surface area contributed by atoms with Crippen LogP contribution in [0.5, 0.6) is 5.75 Å². The highest BCUT2D eigenvalue weighted by atomic mass is 35.5. The van der Waals surface area contributed by atoms with Crippen LogP contribution in [-0.4, -0.2) is 35.0 Å². The van der Waals surface area contributed by atoms with E-state index in [4.69, 9.17) is 21.4 Å². The van der Waals surface area contributed by atoms with Gasteiger partial charge < -0.3 is 15.2 Å². The van der Waals surface area contributed by atoms with E-state index in [1.165, 1.54) is 25.3 Å². The fourth-order valence-electron chi connectivity index (χ4n) is 2.47. The lowest BCUT2D eigenvalue weighted by molar-refractivity contribution is -0.121. The van der Waals surface area contributed by atoms with Gasteiger partial charge in [0, 0.05) is 7.05 Å². The highest BCUT2D eigenvalue weighted by Crippen LogP contribution is 2.27. The van der Waals surface area contributed by atoms with Crippen molar-refractivity contribution >= 4 is 35.6 Å². The average molecular weight is 387 g/mol. The van der Waals surface area contributed by atoms with Gasteiger partial charge in [-0.25, -0.2) is 9.59 Å². The number of nitrogens with zero attached hydrogens (tertiary/aromatic N) is 1. The third-order valence-electron chi connectivity index (χ3n) is 3.92. The number of ether oxygens (including phenoxy) is 1. The Morgan fingerprint density at radius 3 is 2.67 bits per heavy atom. The van der Waals surface area contributed by atoms with E-state index in [0.717, 1.165) is 4.90 Å². The molecule has 1 saturated heterocycles. The summed E-state index contributed by atoms with van der Waals surface area (Å²) >= 11 is 6.23. The van der Waals surface area contributed by atoms with Crippen LogP contribution in [0.4, 0.5) is 4.79 Å². The lowest BCUT2D eigenvalue weighted by atomic mass is 10.1. The molecule has 1 fully saturated rings. The second-order valence-corrected chi connectivity index (χ2v) is 6.24. The molecule has 0 aliphatic carbocycles. The summed E-state index contributed by atoms with van der Waals surface area (Å²) in [5.74, 6) is -1.01. The van der Waals surface area contributed by atoms with Crippen LogP contribution in [0.2, 0.25) is 5.02 Å². The van der Waals surface area contributed by atoms with Gasteiger partial charge in [-0.1, -0.05) is 29.8 Å². The molecule has 1 aliphatic heterocycles. The molecular formula is C19H15ClN2O5. The quantitative estimate of drug-likeness (QED) is 0.608. The number of carbonyl (C=O) groups is 3. The van der Waals surface area contributed by atoms with Crippen molar-refractivity contribution in [3.63, 3.8) is 0 Å². The maximum Gasteiger partial charge on any atom is 0.335 e. The van der Waals surface area contributed by atoms with Gasteiger partial charge in [0.15, 0.2) is 0 Å². The smallest absolute Gasteiger partial charge is 0.335 e. The topological polar surface area (TPSA) is 95.9 Å². The molecule has 3 amide bonds. The van der Waals surface area contributed by atoms with Gasteiger partial charge in [-0.05, 0) is 41.5 Å². The number of aromatic carboxylic acids is 1. The minimum Gasteiger partial charge on any atom is -0.487 e. The summed E-state index contributed by atoms with van der Waals surface area (Å²) in [4.78, 5) is 35.3. The Kier molecular flexibility index (Phi) is 5.14. The second kappa shape index (κ2) is 7.51. The van der Waals surface area contributed by atoms with Gasteiger partial charge in [0.1, 0.15) is 18.1 Å². The Balaban J connectivity index is 1.72. The summed E-state index contributed by atoms with van der Waals surface area (Å²) in [5.41, 5.74) is 1.66. The van der Waals surface area contributed by atoms with Crippen LogP contribution in [0.15, 0.2) is 48.2 Å². The monoisotopic (exact) mass is 386 g/mol. The number of carboxylic acids is 1. The van der Waals surface area contributed by atoms with E-state index >= 15 is 0 Å². The summed E-state index contributed by atoms with van der Waals surface area (Å²) in [6.07, 6.45) is 1.52. The Labute approximate surface area is 159 Å². The van der Waals surface area contributed by atoms with Crippen LogP contribution in [0, 0.1) is 0 Å². The van der Waals surface area contributed by atoms with Gasteiger partial charge in [0.2, 0.25) is 0 Å². The standard InChI is InChI=1S/C19H15ClN2O5/c1-22-17(23)15(21-19(22)26)9-11-5-6-16(14(20)8-11)27-10-12-3-2-4-13(7-12)18(24)25/h2-9H,10H2,1H3,(H,21,26)(H,24,25). The highest BCUT2D eigenvalue weighted by molar-refractivity contribution is 6.32. The van der Waals surface area contributed by atoms with Gasteiger partial charge in [0.05, 0.1) is 10.6 Å². The summed E-state index contributed by atoms with van der Waals surface area (Å²) in [6.45, 7) is 0.153. The molecule has 0 radical (unpaired) electrons. The maximum atomic E-state index is 11.9. The molecule has 3 rings (SSSR count). The molecule has 0 bridgehead atoms. The molecule has 1 aliphatic rings. The third kappa shape index (κ3) is 4.09. The minimum absolute atomic E-state index is 0.153. The molecule has 8 heteroatoms. The van der Waals surface area contributed by atoms with Crippen LogP contribution in [-0.2, 0) is 11.4 Å². The van der Waals surface area contributed by atoms with Crippen molar-refractivity contribution in [2.45, 2.75) is 6.61 Å². The van der Waals surface area contributed by atoms with Gasteiger partial charge in [0.25, 0.3) is 5.91 Å². The van der Waals surface area contributed by atoms with Crippen LogP contribution in [0.1, 0.15) is 21.5 Å². The lowest BCUT2D eigenvalue weighted by Gasteiger charge is -2.09. The second-order valence-electron chi connectivity index (χ2n) is 5.84. The van der Waals surface area contributed by atoms with Crippen LogP contribution < -0.4 is 10.1 Å². The molecule has 2 N–H and O–H groups in total. The molecule has 7 nitrogen and oxygen atoms in total. The number of amides is 3. The fourth-order valence-corrected chi connectivity index (χ4v) is 2.71. The van der Waals surface area contributed by atoms with Crippen molar-refractivity contribution in [2.75, 3.05) is 7.05 Å². The highest BCUT2D eigenvalue weighted by Gasteiger charge is 2.29. The molecule has 0 unspecified atom stereocenters. The largest absolute Gasteiger partial charge is 0.487 e. The molecule has 0 atom stereocenters.